The second-order valence-electron chi connectivity index (χ2n) is 8.10. The highest BCUT2D eigenvalue weighted by atomic mass is 16.5. The SMILES string of the molecule is CC(=O)OC(C(=O)NCc1ccc(C(C)(C)C)cc1)c1cccc2cnccc12. The number of hydrogen-bond acceptors (Lipinski definition) is 4. The quantitative estimate of drug-likeness (QED) is 0.654. The zero-order valence-electron chi connectivity index (χ0n) is 17.2. The molecule has 5 heteroatoms. The smallest absolute Gasteiger partial charge is 0.303 e. The normalized spacial score (nSPS) is 12.4. The van der Waals surface area contributed by atoms with E-state index in [1.54, 1.807) is 18.5 Å². The van der Waals surface area contributed by atoms with E-state index in [0.29, 0.717) is 12.1 Å². The van der Waals surface area contributed by atoms with E-state index in [0.717, 1.165) is 16.3 Å². The maximum atomic E-state index is 12.9. The van der Waals surface area contributed by atoms with Crippen LogP contribution < -0.4 is 5.32 Å². The third-order valence-electron chi connectivity index (χ3n) is 4.81. The summed E-state index contributed by atoms with van der Waals surface area (Å²) in [4.78, 5) is 28.7. The molecule has 0 radical (unpaired) electrons. The summed E-state index contributed by atoms with van der Waals surface area (Å²) in [5.41, 5.74) is 2.93. The van der Waals surface area contributed by atoms with Crippen LogP contribution in [0.4, 0.5) is 0 Å². The lowest BCUT2D eigenvalue weighted by Gasteiger charge is -2.20. The van der Waals surface area contributed by atoms with Gasteiger partial charge in [-0.3, -0.25) is 14.6 Å². The van der Waals surface area contributed by atoms with E-state index in [2.05, 4.69) is 43.2 Å². The molecule has 2 aromatic carbocycles. The van der Waals surface area contributed by atoms with Crippen LogP contribution in [0.3, 0.4) is 0 Å². The first-order valence-corrected chi connectivity index (χ1v) is 9.62. The number of esters is 1. The summed E-state index contributed by atoms with van der Waals surface area (Å²) in [6, 6.07) is 15.5. The van der Waals surface area contributed by atoms with Crippen molar-refractivity contribution in [3.8, 4) is 0 Å². The summed E-state index contributed by atoms with van der Waals surface area (Å²) >= 11 is 0. The molecule has 0 aliphatic heterocycles. The molecule has 1 unspecified atom stereocenters. The number of fused-ring (bicyclic) bond motifs is 1. The average Bonchev–Trinajstić information content (AvgIpc) is 2.69. The van der Waals surface area contributed by atoms with Crippen LogP contribution in [0.5, 0.6) is 0 Å². The molecular formula is C24H26N2O3. The summed E-state index contributed by atoms with van der Waals surface area (Å²) in [5, 5.41) is 4.61. The van der Waals surface area contributed by atoms with Gasteiger partial charge in [-0.1, -0.05) is 63.2 Å². The fraction of sp³-hybridized carbons (Fsp3) is 0.292. The van der Waals surface area contributed by atoms with Crippen LogP contribution in [0.25, 0.3) is 10.8 Å². The number of benzene rings is 2. The Morgan fingerprint density at radius 1 is 1.07 bits per heavy atom. The van der Waals surface area contributed by atoms with Crippen LogP contribution >= 0.6 is 0 Å². The molecule has 0 bridgehead atoms. The van der Waals surface area contributed by atoms with Crippen molar-refractivity contribution in [3.63, 3.8) is 0 Å². The minimum absolute atomic E-state index is 0.0748. The van der Waals surface area contributed by atoms with Crippen molar-refractivity contribution in [3.05, 3.63) is 77.6 Å². The van der Waals surface area contributed by atoms with Gasteiger partial charge in [0, 0.05) is 36.8 Å². The van der Waals surface area contributed by atoms with Crippen LogP contribution in [0.2, 0.25) is 0 Å². The first-order valence-electron chi connectivity index (χ1n) is 9.62. The second-order valence-corrected chi connectivity index (χ2v) is 8.10. The maximum absolute atomic E-state index is 12.9. The Bertz CT molecular complexity index is 1010. The van der Waals surface area contributed by atoms with Crippen LogP contribution in [-0.4, -0.2) is 16.9 Å². The van der Waals surface area contributed by atoms with Crippen molar-refractivity contribution in [1.29, 1.82) is 0 Å². The molecule has 0 aliphatic carbocycles. The molecule has 3 aromatic rings. The van der Waals surface area contributed by atoms with Crippen molar-refractivity contribution in [2.24, 2.45) is 0 Å². The number of carbonyl (C=O) groups is 2. The Morgan fingerprint density at radius 2 is 1.79 bits per heavy atom. The van der Waals surface area contributed by atoms with E-state index in [9.17, 15) is 9.59 Å². The number of amides is 1. The Morgan fingerprint density at radius 3 is 2.45 bits per heavy atom. The van der Waals surface area contributed by atoms with Gasteiger partial charge in [-0.05, 0) is 28.0 Å². The van der Waals surface area contributed by atoms with Gasteiger partial charge in [0.2, 0.25) is 6.10 Å². The van der Waals surface area contributed by atoms with Crippen LogP contribution in [0.1, 0.15) is 50.5 Å². The van der Waals surface area contributed by atoms with Gasteiger partial charge >= 0.3 is 5.97 Å². The zero-order valence-corrected chi connectivity index (χ0v) is 17.2. The molecule has 1 atom stereocenters. The number of carbonyl (C=O) groups excluding carboxylic acids is 2. The summed E-state index contributed by atoms with van der Waals surface area (Å²) in [5.74, 6) is -0.866. The summed E-state index contributed by atoms with van der Waals surface area (Å²) in [6.45, 7) is 8.14. The fourth-order valence-corrected chi connectivity index (χ4v) is 3.20. The molecule has 0 saturated carbocycles. The van der Waals surface area contributed by atoms with Gasteiger partial charge in [0.1, 0.15) is 0 Å². The molecule has 1 aromatic heterocycles. The van der Waals surface area contributed by atoms with Gasteiger partial charge in [-0.25, -0.2) is 0 Å². The highest BCUT2D eigenvalue weighted by Gasteiger charge is 2.25. The van der Waals surface area contributed by atoms with E-state index in [-0.39, 0.29) is 11.3 Å². The molecular weight excluding hydrogens is 364 g/mol. The van der Waals surface area contributed by atoms with E-state index < -0.39 is 12.1 Å². The largest absolute Gasteiger partial charge is 0.447 e. The molecule has 0 aliphatic rings. The van der Waals surface area contributed by atoms with E-state index in [1.807, 2.05) is 30.3 Å². The molecule has 0 fully saturated rings. The average molecular weight is 390 g/mol. The lowest BCUT2D eigenvalue weighted by Crippen LogP contribution is -2.31. The van der Waals surface area contributed by atoms with Gasteiger partial charge in [0.05, 0.1) is 0 Å². The number of rotatable bonds is 5. The highest BCUT2D eigenvalue weighted by Crippen LogP contribution is 2.27. The number of hydrogen-bond donors (Lipinski definition) is 1. The predicted molar refractivity (Wildman–Crippen MR) is 113 cm³/mol. The molecule has 1 amide bonds. The Labute approximate surface area is 171 Å². The lowest BCUT2D eigenvalue weighted by molar-refractivity contribution is -0.154. The van der Waals surface area contributed by atoms with Gasteiger partial charge in [0.15, 0.2) is 0 Å². The molecule has 150 valence electrons. The minimum atomic E-state index is -1.02. The van der Waals surface area contributed by atoms with Crippen molar-refractivity contribution >= 4 is 22.6 Å². The molecule has 1 heterocycles. The van der Waals surface area contributed by atoms with Gasteiger partial charge < -0.3 is 10.1 Å². The zero-order chi connectivity index (χ0) is 21.0. The summed E-state index contributed by atoms with van der Waals surface area (Å²) < 4.78 is 5.39. The molecule has 29 heavy (non-hydrogen) atoms. The second kappa shape index (κ2) is 8.43. The van der Waals surface area contributed by atoms with Crippen LogP contribution in [0, 0.1) is 0 Å². The Balaban J connectivity index is 1.80. The Kier molecular flexibility index (Phi) is 5.97. The standard InChI is InChI=1S/C24H26N2O3/c1-16(27)29-22(21-7-5-6-18-15-25-13-12-20(18)21)23(28)26-14-17-8-10-19(11-9-17)24(2,3)4/h5-13,15,22H,14H2,1-4H3,(H,26,28). The number of nitrogens with one attached hydrogen (secondary N) is 1. The third kappa shape index (κ3) is 4.99. The van der Waals surface area contributed by atoms with E-state index in [4.69, 9.17) is 4.74 Å². The third-order valence-corrected chi connectivity index (χ3v) is 4.81. The van der Waals surface area contributed by atoms with Crippen molar-refractivity contribution < 1.29 is 14.3 Å². The van der Waals surface area contributed by atoms with Crippen molar-refractivity contribution in [2.75, 3.05) is 0 Å². The van der Waals surface area contributed by atoms with Crippen LogP contribution in [0.15, 0.2) is 60.9 Å². The Hall–Kier alpha value is -3.21. The van der Waals surface area contributed by atoms with Crippen LogP contribution in [-0.2, 0) is 26.3 Å². The highest BCUT2D eigenvalue weighted by molar-refractivity contribution is 5.92. The lowest BCUT2D eigenvalue weighted by atomic mass is 9.87. The molecule has 1 N–H and O–H groups in total. The number of nitrogens with zero attached hydrogens (tertiary/aromatic N) is 1. The maximum Gasteiger partial charge on any atom is 0.303 e. The number of ether oxygens (including phenoxy) is 1. The van der Waals surface area contributed by atoms with Crippen molar-refractivity contribution in [1.82, 2.24) is 10.3 Å². The molecule has 5 nitrogen and oxygen atoms in total. The van der Waals surface area contributed by atoms with Crippen molar-refractivity contribution in [2.45, 2.75) is 45.8 Å². The number of pyridine rings is 1. The monoisotopic (exact) mass is 390 g/mol. The van der Waals surface area contributed by atoms with Gasteiger partial charge in [0.25, 0.3) is 5.91 Å². The minimum Gasteiger partial charge on any atom is -0.447 e. The number of aromatic nitrogens is 1. The first-order chi connectivity index (χ1) is 13.8. The predicted octanol–water partition coefficient (Wildman–Crippen LogP) is 4.45. The van der Waals surface area contributed by atoms with Gasteiger partial charge in [-0.15, -0.1) is 0 Å². The molecule has 3 rings (SSSR count). The van der Waals surface area contributed by atoms with E-state index >= 15 is 0 Å². The first kappa shape index (κ1) is 20.5. The summed E-state index contributed by atoms with van der Waals surface area (Å²) in [7, 11) is 0. The summed E-state index contributed by atoms with van der Waals surface area (Å²) in [6.07, 6.45) is 2.36. The fourth-order valence-electron chi connectivity index (χ4n) is 3.20. The topological polar surface area (TPSA) is 68.3 Å². The van der Waals surface area contributed by atoms with E-state index in [1.165, 1.54) is 12.5 Å². The molecule has 0 spiro atoms. The molecule has 0 saturated heterocycles. The van der Waals surface area contributed by atoms with Gasteiger partial charge in [-0.2, -0.15) is 0 Å².